The van der Waals surface area contributed by atoms with E-state index in [-0.39, 0.29) is 5.92 Å². The van der Waals surface area contributed by atoms with E-state index in [9.17, 15) is 5.26 Å². The van der Waals surface area contributed by atoms with Gasteiger partial charge in [0.1, 0.15) is 0 Å². The summed E-state index contributed by atoms with van der Waals surface area (Å²) in [5.41, 5.74) is 4.91. The van der Waals surface area contributed by atoms with Gasteiger partial charge in [0, 0.05) is 12.2 Å². The first-order chi connectivity index (χ1) is 10.3. The minimum Gasteiger partial charge on any atom is -0.383 e. The van der Waals surface area contributed by atoms with E-state index in [4.69, 9.17) is 0 Å². The second-order valence-electron chi connectivity index (χ2n) is 5.13. The summed E-state index contributed by atoms with van der Waals surface area (Å²) in [5.74, 6) is -0.124. The number of nitriles is 1. The molecule has 21 heavy (non-hydrogen) atoms. The average Bonchev–Trinajstić information content (AvgIpc) is 2.56. The molecule has 0 amide bonds. The maximum Gasteiger partial charge on any atom is 0.0885 e. The molecule has 0 saturated carbocycles. The Hall–Kier alpha value is -2.27. The number of rotatable bonds is 6. The van der Waals surface area contributed by atoms with Crippen LogP contribution in [0.3, 0.4) is 0 Å². The van der Waals surface area contributed by atoms with Gasteiger partial charge < -0.3 is 5.32 Å². The van der Waals surface area contributed by atoms with Crippen molar-refractivity contribution in [2.24, 2.45) is 0 Å². The first kappa shape index (κ1) is 15.1. The third-order valence-corrected chi connectivity index (χ3v) is 3.84. The Bertz CT molecular complexity index is 589. The zero-order valence-electron chi connectivity index (χ0n) is 12.8. The van der Waals surface area contributed by atoms with Crippen LogP contribution in [0.15, 0.2) is 48.5 Å². The Kier molecular flexibility index (Phi) is 5.40. The van der Waals surface area contributed by atoms with E-state index in [0.29, 0.717) is 6.54 Å². The van der Waals surface area contributed by atoms with Crippen molar-refractivity contribution in [3.8, 4) is 6.07 Å². The molecule has 0 bridgehead atoms. The summed E-state index contributed by atoms with van der Waals surface area (Å²) in [5, 5.41) is 12.9. The van der Waals surface area contributed by atoms with E-state index in [1.807, 2.05) is 30.3 Å². The minimum atomic E-state index is -0.124. The second kappa shape index (κ2) is 7.50. The fourth-order valence-corrected chi connectivity index (χ4v) is 2.60. The van der Waals surface area contributed by atoms with Gasteiger partial charge in [-0.25, -0.2) is 0 Å². The summed E-state index contributed by atoms with van der Waals surface area (Å²) >= 11 is 0. The van der Waals surface area contributed by atoms with Crippen molar-refractivity contribution in [1.29, 1.82) is 5.26 Å². The molecule has 0 aliphatic rings. The number of nitrogens with zero attached hydrogens (tertiary/aromatic N) is 1. The zero-order chi connectivity index (χ0) is 15.1. The molecule has 0 aliphatic carbocycles. The molecule has 2 aromatic carbocycles. The Morgan fingerprint density at radius 2 is 1.57 bits per heavy atom. The molecular formula is C19H22N2. The monoisotopic (exact) mass is 278 g/mol. The highest BCUT2D eigenvalue weighted by atomic mass is 14.9. The number of anilines is 1. The summed E-state index contributed by atoms with van der Waals surface area (Å²) < 4.78 is 0. The number of nitrogens with one attached hydrogen (secondary N) is 1. The SMILES string of the molecule is CCc1cccc(CC)c1NCC(C#N)c1ccccc1. The topological polar surface area (TPSA) is 35.8 Å². The summed E-state index contributed by atoms with van der Waals surface area (Å²) in [4.78, 5) is 0. The third kappa shape index (κ3) is 3.64. The van der Waals surface area contributed by atoms with Gasteiger partial charge in [-0.2, -0.15) is 5.26 Å². The van der Waals surface area contributed by atoms with Crippen LogP contribution in [0.25, 0.3) is 0 Å². The van der Waals surface area contributed by atoms with Crippen molar-refractivity contribution in [3.05, 3.63) is 65.2 Å². The highest BCUT2D eigenvalue weighted by Gasteiger charge is 2.12. The molecule has 0 spiro atoms. The van der Waals surface area contributed by atoms with Crippen LogP contribution >= 0.6 is 0 Å². The predicted molar refractivity (Wildman–Crippen MR) is 88.5 cm³/mol. The molecule has 108 valence electrons. The molecule has 2 aromatic rings. The van der Waals surface area contributed by atoms with Crippen LogP contribution in [-0.2, 0) is 12.8 Å². The maximum atomic E-state index is 9.42. The van der Waals surface area contributed by atoms with Crippen molar-refractivity contribution in [1.82, 2.24) is 0 Å². The van der Waals surface area contributed by atoms with Gasteiger partial charge in [0.25, 0.3) is 0 Å². The number of para-hydroxylation sites is 1. The lowest BCUT2D eigenvalue weighted by atomic mass is 9.99. The second-order valence-corrected chi connectivity index (χ2v) is 5.13. The molecule has 0 heterocycles. The summed E-state index contributed by atoms with van der Waals surface area (Å²) in [6, 6.07) is 18.8. The summed E-state index contributed by atoms with van der Waals surface area (Å²) in [6.45, 7) is 4.97. The first-order valence-electron chi connectivity index (χ1n) is 7.59. The quantitative estimate of drug-likeness (QED) is 0.842. The number of aryl methyl sites for hydroxylation is 2. The fourth-order valence-electron chi connectivity index (χ4n) is 2.60. The van der Waals surface area contributed by atoms with Crippen LogP contribution in [-0.4, -0.2) is 6.54 Å². The molecule has 1 atom stereocenters. The Labute approximate surface area is 127 Å². The summed E-state index contributed by atoms with van der Waals surface area (Å²) in [6.07, 6.45) is 2.00. The van der Waals surface area contributed by atoms with Gasteiger partial charge in [-0.3, -0.25) is 0 Å². The molecular weight excluding hydrogens is 256 g/mol. The lowest BCUT2D eigenvalue weighted by molar-refractivity contribution is 0.893. The van der Waals surface area contributed by atoms with Crippen LogP contribution < -0.4 is 5.32 Å². The zero-order valence-corrected chi connectivity index (χ0v) is 12.8. The third-order valence-electron chi connectivity index (χ3n) is 3.84. The van der Waals surface area contributed by atoms with Gasteiger partial charge in [0.15, 0.2) is 0 Å². The van der Waals surface area contributed by atoms with E-state index >= 15 is 0 Å². The Balaban J connectivity index is 2.17. The number of hydrogen-bond acceptors (Lipinski definition) is 2. The molecule has 0 aromatic heterocycles. The van der Waals surface area contributed by atoms with Crippen molar-refractivity contribution in [3.63, 3.8) is 0 Å². The minimum absolute atomic E-state index is 0.124. The van der Waals surface area contributed by atoms with E-state index in [1.54, 1.807) is 0 Å². The predicted octanol–water partition coefficient (Wildman–Crippen LogP) is 4.53. The van der Waals surface area contributed by atoms with E-state index in [1.165, 1.54) is 16.8 Å². The molecule has 2 heteroatoms. The van der Waals surface area contributed by atoms with Gasteiger partial charge >= 0.3 is 0 Å². The van der Waals surface area contributed by atoms with Gasteiger partial charge in [-0.15, -0.1) is 0 Å². The van der Waals surface area contributed by atoms with Crippen molar-refractivity contribution in [2.45, 2.75) is 32.6 Å². The first-order valence-corrected chi connectivity index (χ1v) is 7.59. The molecule has 0 saturated heterocycles. The van der Waals surface area contributed by atoms with E-state index in [0.717, 1.165) is 18.4 Å². The molecule has 0 fully saturated rings. The van der Waals surface area contributed by atoms with Crippen LogP contribution in [0.5, 0.6) is 0 Å². The fraction of sp³-hybridized carbons (Fsp3) is 0.316. The van der Waals surface area contributed by atoms with Crippen molar-refractivity contribution in [2.75, 3.05) is 11.9 Å². The molecule has 0 aliphatic heterocycles. The van der Waals surface area contributed by atoms with Gasteiger partial charge in [0.05, 0.1) is 12.0 Å². The maximum absolute atomic E-state index is 9.42. The number of benzene rings is 2. The van der Waals surface area contributed by atoms with Gasteiger partial charge in [0.2, 0.25) is 0 Å². The van der Waals surface area contributed by atoms with Crippen LogP contribution in [0.2, 0.25) is 0 Å². The smallest absolute Gasteiger partial charge is 0.0885 e. The molecule has 2 rings (SSSR count). The van der Waals surface area contributed by atoms with Crippen molar-refractivity contribution >= 4 is 5.69 Å². The Morgan fingerprint density at radius 3 is 2.10 bits per heavy atom. The van der Waals surface area contributed by atoms with Crippen LogP contribution in [0.4, 0.5) is 5.69 Å². The normalized spacial score (nSPS) is 11.7. The van der Waals surface area contributed by atoms with Crippen LogP contribution in [0.1, 0.15) is 36.5 Å². The lowest BCUT2D eigenvalue weighted by Crippen LogP contribution is -2.13. The van der Waals surface area contributed by atoms with Crippen LogP contribution in [0, 0.1) is 11.3 Å². The largest absolute Gasteiger partial charge is 0.383 e. The molecule has 0 radical (unpaired) electrons. The van der Waals surface area contributed by atoms with E-state index < -0.39 is 0 Å². The Morgan fingerprint density at radius 1 is 0.952 bits per heavy atom. The molecule has 1 unspecified atom stereocenters. The number of hydrogen-bond donors (Lipinski definition) is 1. The molecule has 1 N–H and O–H groups in total. The average molecular weight is 278 g/mol. The van der Waals surface area contributed by atoms with Gasteiger partial charge in [-0.05, 0) is 29.5 Å². The standard InChI is InChI=1S/C19H22N2/c1-3-15-11-8-12-16(4-2)19(15)21-14-18(13-20)17-9-6-5-7-10-17/h5-12,18,21H,3-4,14H2,1-2H3. The molecule has 2 nitrogen and oxygen atoms in total. The summed E-state index contributed by atoms with van der Waals surface area (Å²) in [7, 11) is 0. The highest BCUT2D eigenvalue weighted by molar-refractivity contribution is 5.58. The van der Waals surface area contributed by atoms with Crippen molar-refractivity contribution < 1.29 is 0 Å². The van der Waals surface area contributed by atoms with Gasteiger partial charge in [-0.1, -0.05) is 62.4 Å². The lowest BCUT2D eigenvalue weighted by Gasteiger charge is -2.17. The highest BCUT2D eigenvalue weighted by Crippen LogP contribution is 2.24. The van der Waals surface area contributed by atoms with E-state index in [2.05, 4.69) is 43.4 Å².